The van der Waals surface area contributed by atoms with Crippen molar-refractivity contribution in [2.75, 3.05) is 19.5 Å². The fraction of sp³-hybridized carbons (Fsp3) is 0.571. The Labute approximate surface area is 113 Å². The van der Waals surface area contributed by atoms with Crippen LogP contribution in [0, 0.1) is 0 Å². The van der Waals surface area contributed by atoms with Crippen LogP contribution in [0.5, 0.6) is 5.75 Å². The molecule has 0 spiro atoms. The number of benzene rings is 1. The van der Waals surface area contributed by atoms with Crippen molar-refractivity contribution in [3.8, 4) is 5.75 Å². The molecule has 1 saturated heterocycles. The minimum Gasteiger partial charge on any atom is -0.491 e. The maximum atomic E-state index is 5.89. The Morgan fingerprint density at radius 1 is 1.44 bits per heavy atom. The fourth-order valence-corrected chi connectivity index (χ4v) is 2.84. The SMILES string of the molecule is CSc1cccc(OCC2CCCCO2)c1CN. The van der Waals surface area contributed by atoms with Crippen molar-refractivity contribution in [1.29, 1.82) is 0 Å². The summed E-state index contributed by atoms with van der Waals surface area (Å²) in [6.45, 7) is 2.01. The quantitative estimate of drug-likeness (QED) is 0.833. The first-order valence-corrected chi connectivity index (χ1v) is 7.68. The lowest BCUT2D eigenvalue weighted by atomic mass is 10.1. The van der Waals surface area contributed by atoms with Crippen molar-refractivity contribution >= 4 is 11.8 Å². The summed E-state index contributed by atoms with van der Waals surface area (Å²) in [4.78, 5) is 1.19. The van der Waals surface area contributed by atoms with Crippen LogP contribution in [0.1, 0.15) is 24.8 Å². The van der Waals surface area contributed by atoms with E-state index in [1.165, 1.54) is 17.7 Å². The van der Waals surface area contributed by atoms with E-state index in [0.717, 1.165) is 24.3 Å². The van der Waals surface area contributed by atoms with Gasteiger partial charge in [0.2, 0.25) is 0 Å². The second-order valence-corrected chi connectivity index (χ2v) is 5.29. The van der Waals surface area contributed by atoms with Gasteiger partial charge in [-0.25, -0.2) is 0 Å². The van der Waals surface area contributed by atoms with E-state index in [-0.39, 0.29) is 6.10 Å². The molecule has 0 aromatic heterocycles. The van der Waals surface area contributed by atoms with Crippen LogP contribution in [-0.4, -0.2) is 25.6 Å². The summed E-state index contributed by atoms with van der Waals surface area (Å²) in [7, 11) is 0. The van der Waals surface area contributed by atoms with Crippen LogP contribution in [-0.2, 0) is 11.3 Å². The third-order valence-corrected chi connectivity index (χ3v) is 4.04. The highest BCUT2D eigenvalue weighted by Crippen LogP contribution is 2.28. The standard InChI is InChI=1S/C14H21NO2S/c1-18-14-7-4-6-13(12(14)9-15)17-10-11-5-2-3-8-16-11/h4,6-7,11H,2-3,5,8-10,15H2,1H3. The van der Waals surface area contributed by atoms with Gasteiger partial charge in [-0.15, -0.1) is 11.8 Å². The fourth-order valence-electron chi connectivity index (χ4n) is 2.19. The van der Waals surface area contributed by atoms with Gasteiger partial charge in [0.05, 0.1) is 6.10 Å². The Bertz CT molecular complexity index is 378. The number of hydrogen-bond donors (Lipinski definition) is 1. The van der Waals surface area contributed by atoms with Crippen molar-refractivity contribution in [3.05, 3.63) is 23.8 Å². The van der Waals surface area contributed by atoms with Gasteiger partial charge in [-0.05, 0) is 37.7 Å². The van der Waals surface area contributed by atoms with Crippen LogP contribution in [0.15, 0.2) is 23.1 Å². The molecular weight excluding hydrogens is 246 g/mol. The first kappa shape index (κ1) is 13.7. The highest BCUT2D eigenvalue weighted by molar-refractivity contribution is 7.98. The molecule has 0 aliphatic carbocycles. The monoisotopic (exact) mass is 267 g/mol. The van der Waals surface area contributed by atoms with E-state index in [1.54, 1.807) is 11.8 Å². The predicted octanol–water partition coefficient (Wildman–Crippen LogP) is 2.82. The molecule has 0 saturated carbocycles. The van der Waals surface area contributed by atoms with Gasteiger partial charge < -0.3 is 15.2 Å². The Morgan fingerprint density at radius 3 is 3.00 bits per heavy atom. The lowest BCUT2D eigenvalue weighted by Gasteiger charge is -2.23. The molecule has 1 fully saturated rings. The molecule has 0 bridgehead atoms. The number of hydrogen-bond acceptors (Lipinski definition) is 4. The first-order chi connectivity index (χ1) is 8.85. The van der Waals surface area contributed by atoms with E-state index in [1.807, 2.05) is 12.1 Å². The summed E-state index contributed by atoms with van der Waals surface area (Å²) in [5.41, 5.74) is 6.91. The summed E-state index contributed by atoms with van der Waals surface area (Å²) in [5, 5.41) is 0. The first-order valence-electron chi connectivity index (χ1n) is 6.45. The summed E-state index contributed by atoms with van der Waals surface area (Å²) in [6, 6.07) is 6.09. The summed E-state index contributed by atoms with van der Waals surface area (Å²) in [6.07, 6.45) is 5.81. The van der Waals surface area contributed by atoms with E-state index in [0.29, 0.717) is 13.2 Å². The average Bonchev–Trinajstić information content (AvgIpc) is 2.45. The van der Waals surface area contributed by atoms with Crippen LogP contribution < -0.4 is 10.5 Å². The molecule has 0 radical (unpaired) electrons. The molecule has 2 rings (SSSR count). The molecule has 1 aromatic carbocycles. The zero-order chi connectivity index (χ0) is 12.8. The molecule has 1 aliphatic heterocycles. The van der Waals surface area contributed by atoms with Crippen molar-refractivity contribution < 1.29 is 9.47 Å². The van der Waals surface area contributed by atoms with Gasteiger partial charge in [-0.2, -0.15) is 0 Å². The third-order valence-electron chi connectivity index (χ3n) is 3.21. The van der Waals surface area contributed by atoms with Gasteiger partial charge in [-0.1, -0.05) is 6.07 Å². The van der Waals surface area contributed by atoms with Gasteiger partial charge >= 0.3 is 0 Å². The molecule has 1 aliphatic rings. The molecule has 1 aromatic rings. The Hall–Kier alpha value is -0.710. The van der Waals surface area contributed by atoms with Crippen molar-refractivity contribution in [1.82, 2.24) is 0 Å². The molecule has 3 nitrogen and oxygen atoms in total. The van der Waals surface area contributed by atoms with Gasteiger partial charge in [0.1, 0.15) is 12.4 Å². The summed E-state index contributed by atoms with van der Waals surface area (Å²) in [5.74, 6) is 0.901. The summed E-state index contributed by atoms with van der Waals surface area (Å²) >= 11 is 1.70. The number of rotatable bonds is 5. The third kappa shape index (κ3) is 3.40. The van der Waals surface area contributed by atoms with E-state index in [9.17, 15) is 0 Å². The largest absolute Gasteiger partial charge is 0.491 e. The predicted molar refractivity (Wildman–Crippen MR) is 75.2 cm³/mol. The Morgan fingerprint density at radius 2 is 2.33 bits per heavy atom. The maximum absolute atomic E-state index is 5.89. The zero-order valence-corrected chi connectivity index (χ0v) is 11.7. The molecular formula is C14H21NO2S. The van der Waals surface area contributed by atoms with Crippen molar-refractivity contribution in [2.24, 2.45) is 5.73 Å². The van der Waals surface area contributed by atoms with E-state index in [4.69, 9.17) is 15.2 Å². The number of nitrogens with two attached hydrogens (primary N) is 1. The van der Waals surface area contributed by atoms with Gasteiger partial charge in [0.25, 0.3) is 0 Å². The van der Waals surface area contributed by atoms with Gasteiger partial charge in [0.15, 0.2) is 0 Å². The molecule has 2 N–H and O–H groups in total. The summed E-state index contributed by atoms with van der Waals surface area (Å²) < 4.78 is 11.6. The number of ether oxygens (including phenoxy) is 2. The smallest absolute Gasteiger partial charge is 0.125 e. The lowest BCUT2D eigenvalue weighted by Crippen LogP contribution is -2.26. The molecule has 0 amide bonds. The van der Waals surface area contributed by atoms with Crippen LogP contribution in [0.2, 0.25) is 0 Å². The minimum atomic E-state index is 0.238. The molecule has 1 heterocycles. The van der Waals surface area contributed by atoms with Crippen LogP contribution in [0.25, 0.3) is 0 Å². The van der Waals surface area contributed by atoms with Crippen LogP contribution >= 0.6 is 11.8 Å². The molecule has 18 heavy (non-hydrogen) atoms. The second-order valence-electron chi connectivity index (χ2n) is 4.44. The van der Waals surface area contributed by atoms with Crippen LogP contribution in [0.4, 0.5) is 0 Å². The second kappa shape index (κ2) is 7.02. The van der Waals surface area contributed by atoms with E-state index in [2.05, 4.69) is 12.3 Å². The van der Waals surface area contributed by atoms with E-state index < -0.39 is 0 Å². The lowest BCUT2D eigenvalue weighted by molar-refractivity contribution is -0.0112. The maximum Gasteiger partial charge on any atom is 0.125 e. The highest BCUT2D eigenvalue weighted by Gasteiger charge is 2.15. The molecule has 4 heteroatoms. The Kier molecular flexibility index (Phi) is 5.35. The highest BCUT2D eigenvalue weighted by atomic mass is 32.2. The minimum absolute atomic E-state index is 0.238. The van der Waals surface area contributed by atoms with Gasteiger partial charge in [-0.3, -0.25) is 0 Å². The van der Waals surface area contributed by atoms with E-state index >= 15 is 0 Å². The average molecular weight is 267 g/mol. The Balaban J connectivity index is 1.99. The number of thioether (sulfide) groups is 1. The normalized spacial score (nSPS) is 19.8. The van der Waals surface area contributed by atoms with Crippen LogP contribution in [0.3, 0.4) is 0 Å². The van der Waals surface area contributed by atoms with Gasteiger partial charge in [0, 0.05) is 23.6 Å². The van der Waals surface area contributed by atoms with Crippen molar-refractivity contribution in [2.45, 2.75) is 36.8 Å². The topological polar surface area (TPSA) is 44.5 Å². The molecule has 1 atom stereocenters. The zero-order valence-electron chi connectivity index (χ0n) is 10.9. The molecule has 1 unspecified atom stereocenters. The van der Waals surface area contributed by atoms with Crippen molar-refractivity contribution in [3.63, 3.8) is 0 Å². The molecule has 100 valence electrons.